The lowest BCUT2D eigenvalue weighted by Crippen LogP contribution is -1.94. The Hall–Kier alpha value is -8.13. The van der Waals surface area contributed by atoms with E-state index < -0.39 is 0 Å². The number of nitrogens with one attached hydrogen (secondary N) is 1. The number of nitriles is 1. The van der Waals surface area contributed by atoms with Crippen molar-refractivity contribution in [1.82, 2.24) is 20.2 Å². The second-order valence-electron chi connectivity index (χ2n) is 12.8. The van der Waals surface area contributed by atoms with E-state index in [1.165, 1.54) is 0 Å². The van der Waals surface area contributed by atoms with Crippen LogP contribution in [0.15, 0.2) is 182 Å². The molecule has 9 rings (SSSR count). The fraction of sp³-hybridized carbons (Fsp3) is 0. The number of rotatable bonds is 10. The maximum absolute atomic E-state index is 9.55. The lowest BCUT2D eigenvalue weighted by molar-refractivity contribution is 0.463. The van der Waals surface area contributed by atoms with E-state index in [1.54, 1.807) is 6.07 Å². The molecule has 3 heterocycles. The van der Waals surface area contributed by atoms with Gasteiger partial charge in [-0.05, 0) is 83.9 Å². The number of anilines is 1. The van der Waals surface area contributed by atoms with E-state index in [0.29, 0.717) is 51.6 Å². The zero-order valence-electron chi connectivity index (χ0n) is 31.2. The van der Waals surface area contributed by atoms with Gasteiger partial charge in [-0.15, -0.1) is 0 Å². The summed E-state index contributed by atoms with van der Waals surface area (Å²) in [5.74, 6) is 5.54. The normalized spacial score (nSPS) is 10.5. The number of aromatic amines is 1. The molecular formula is C48H33ClN6O4. The van der Waals surface area contributed by atoms with Crippen molar-refractivity contribution in [3.63, 3.8) is 0 Å². The quantitative estimate of drug-likeness (QED) is 0.129. The van der Waals surface area contributed by atoms with E-state index in [-0.39, 0.29) is 5.15 Å². The summed E-state index contributed by atoms with van der Waals surface area (Å²) in [7, 11) is 0. The number of ether oxygens (including phenoxy) is 4. The summed E-state index contributed by atoms with van der Waals surface area (Å²) in [5, 5.41) is 17.4. The van der Waals surface area contributed by atoms with Gasteiger partial charge in [-0.3, -0.25) is 5.10 Å². The number of fused-ring (bicyclic) bond motifs is 1. The first-order chi connectivity index (χ1) is 29.0. The van der Waals surface area contributed by atoms with Crippen LogP contribution in [0.5, 0.6) is 46.3 Å². The molecule has 0 fully saturated rings. The molecular weight excluding hydrogens is 760 g/mol. The van der Waals surface area contributed by atoms with Gasteiger partial charge in [0, 0.05) is 23.3 Å². The average Bonchev–Trinajstić information content (AvgIpc) is 3.65. The molecule has 59 heavy (non-hydrogen) atoms. The molecule has 10 nitrogen and oxygen atoms in total. The van der Waals surface area contributed by atoms with Gasteiger partial charge >= 0.3 is 0 Å². The fourth-order valence-electron chi connectivity index (χ4n) is 6.05. The number of hydrogen-bond acceptors (Lipinski definition) is 9. The molecule has 6 aromatic carbocycles. The van der Waals surface area contributed by atoms with Crippen LogP contribution in [0.3, 0.4) is 0 Å². The average molecular weight is 793 g/mol. The molecule has 286 valence electrons. The van der Waals surface area contributed by atoms with Gasteiger partial charge in [-0.2, -0.15) is 20.3 Å². The molecule has 0 aliphatic carbocycles. The minimum Gasteiger partial charge on any atom is -0.457 e. The van der Waals surface area contributed by atoms with Crippen LogP contribution >= 0.6 is 11.6 Å². The third-order valence-electron chi connectivity index (χ3n) is 8.81. The summed E-state index contributed by atoms with van der Waals surface area (Å²) in [6.45, 7) is 0. The molecule has 0 bridgehead atoms. The highest BCUT2D eigenvalue weighted by molar-refractivity contribution is 6.31. The van der Waals surface area contributed by atoms with E-state index in [0.717, 1.165) is 39.3 Å². The van der Waals surface area contributed by atoms with Crippen LogP contribution in [0.2, 0.25) is 5.15 Å². The number of nitrogens with two attached hydrogens (primary N) is 1. The third kappa shape index (κ3) is 9.30. The van der Waals surface area contributed by atoms with Crippen molar-refractivity contribution < 1.29 is 18.9 Å². The smallest absolute Gasteiger partial charge is 0.221 e. The highest BCUT2D eigenvalue weighted by atomic mass is 35.5. The molecule has 11 heteroatoms. The van der Waals surface area contributed by atoms with Gasteiger partial charge in [0.05, 0.1) is 10.9 Å². The lowest BCUT2D eigenvalue weighted by Gasteiger charge is -2.11. The summed E-state index contributed by atoms with van der Waals surface area (Å²) in [4.78, 5) is 8.68. The van der Waals surface area contributed by atoms with Gasteiger partial charge in [0.2, 0.25) is 11.8 Å². The Morgan fingerprint density at radius 2 is 0.881 bits per heavy atom. The van der Waals surface area contributed by atoms with Crippen molar-refractivity contribution >= 4 is 28.5 Å². The van der Waals surface area contributed by atoms with Crippen LogP contribution in [0, 0.1) is 11.3 Å². The number of nitrogens with zero attached hydrogens (tertiary/aromatic N) is 4. The second-order valence-corrected chi connectivity index (χ2v) is 13.2. The van der Waals surface area contributed by atoms with Crippen LogP contribution in [0.1, 0.15) is 5.56 Å². The number of H-pyrrole nitrogens is 1. The van der Waals surface area contributed by atoms with Crippen molar-refractivity contribution in [2.45, 2.75) is 0 Å². The Bertz CT molecular complexity index is 2840. The van der Waals surface area contributed by atoms with Crippen LogP contribution in [0.25, 0.3) is 33.3 Å². The van der Waals surface area contributed by atoms with Crippen molar-refractivity contribution in [3.05, 3.63) is 193 Å². The van der Waals surface area contributed by atoms with E-state index >= 15 is 0 Å². The lowest BCUT2D eigenvalue weighted by atomic mass is 10.0. The van der Waals surface area contributed by atoms with Gasteiger partial charge in [0.15, 0.2) is 10.8 Å². The van der Waals surface area contributed by atoms with E-state index in [4.69, 9.17) is 36.3 Å². The molecule has 3 N–H and O–H groups in total. The van der Waals surface area contributed by atoms with Gasteiger partial charge in [0.1, 0.15) is 46.4 Å². The molecule has 9 aromatic rings. The summed E-state index contributed by atoms with van der Waals surface area (Å²) in [5.41, 5.74) is 10.2. The second kappa shape index (κ2) is 17.8. The van der Waals surface area contributed by atoms with Gasteiger partial charge in [-0.25, -0.2) is 0 Å². The van der Waals surface area contributed by atoms with Crippen molar-refractivity contribution in [1.29, 1.82) is 5.26 Å². The monoisotopic (exact) mass is 792 g/mol. The number of halogens is 1. The Balaban J connectivity index is 0.000000164. The molecule has 0 aliphatic rings. The first kappa shape index (κ1) is 37.8. The highest BCUT2D eigenvalue weighted by Gasteiger charge is 2.16. The largest absolute Gasteiger partial charge is 0.457 e. The summed E-state index contributed by atoms with van der Waals surface area (Å²) in [6.07, 6.45) is 0. The summed E-state index contributed by atoms with van der Waals surface area (Å²) in [6, 6.07) is 58.9. The topological polar surface area (TPSA) is 141 Å². The molecule has 0 saturated heterocycles. The van der Waals surface area contributed by atoms with Gasteiger partial charge < -0.3 is 24.7 Å². The Kier molecular flexibility index (Phi) is 11.4. The number of para-hydroxylation sites is 4. The van der Waals surface area contributed by atoms with Gasteiger partial charge in [-0.1, -0.05) is 109 Å². The fourth-order valence-corrected chi connectivity index (χ4v) is 6.28. The number of nitrogen functional groups attached to an aromatic ring is 1. The minimum atomic E-state index is 0.0977. The third-order valence-corrected chi connectivity index (χ3v) is 9.09. The first-order valence-electron chi connectivity index (χ1n) is 18.4. The summed E-state index contributed by atoms with van der Waals surface area (Å²) < 4.78 is 23.4. The van der Waals surface area contributed by atoms with Crippen LogP contribution in [-0.4, -0.2) is 20.2 Å². The standard InChI is InChI=1S/C24H15ClN2O2.C24H18N4O2/c25-24-22(16-26)21(15-23(27-24)29-19-9-5-2-6-10-19)17-11-13-20(14-12-17)28-18-7-3-1-4-8-18;25-23-22-20(16-11-13-19(14-12-16)29-17-7-3-1-4-8-17)15-21(26-24(22)28-27-23)30-18-9-5-2-6-10-18/h1-15H;1-15H,(H3,25,26,27,28). The van der Waals surface area contributed by atoms with Crippen molar-refractivity contribution in [3.8, 4) is 74.6 Å². The Morgan fingerprint density at radius 3 is 1.34 bits per heavy atom. The van der Waals surface area contributed by atoms with Crippen LogP contribution in [-0.2, 0) is 0 Å². The Labute approximate surface area is 344 Å². The van der Waals surface area contributed by atoms with Crippen LogP contribution in [0.4, 0.5) is 5.82 Å². The molecule has 0 radical (unpaired) electrons. The maximum atomic E-state index is 9.55. The molecule has 0 aliphatic heterocycles. The number of pyridine rings is 2. The molecule has 0 unspecified atom stereocenters. The first-order valence-corrected chi connectivity index (χ1v) is 18.7. The predicted octanol–water partition coefficient (Wildman–Crippen LogP) is 12.6. The zero-order chi connectivity index (χ0) is 40.4. The van der Waals surface area contributed by atoms with E-state index in [9.17, 15) is 5.26 Å². The molecule has 0 amide bonds. The number of aromatic nitrogens is 4. The van der Waals surface area contributed by atoms with Gasteiger partial charge in [0.25, 0.3) is 0 Å². The molecule has 0 spiro atoms. The predicted molar refractivity (Wildman–Crippen MR) is 229 cm³/mol. The van der Waals surface area contributed by atoms with Crippen molar-refractivity contribution in [2.24, 2.45) is 0 Å². The highest BCUT2D eigenvalue weighted by Crippen LogP contribution is 2.37. The summed E-state index contributed by atoms with van der Waals surface area (Å²) >= 11 is 6.25. The maximum Gasteiger partial charge on any atom is 0.221 e. The Morgan fingerprint density at radius 1 is 0.492 bits per heavy atom. The van der Waals surface area contributed by atoms with Crippen molar-refractivity contribution in [2.75, 3.05) is 5.73 Å². The molecule has 3 aromatic heterocycles. The molecule has 0 atom stereocenters. The van der Waals surface area contributed by atoms with E-state index in [2.05, 4.69) is 26.2 Å². The van der Waals surface area contributed by atoms with Crippen LogP contribution < -0.4 is 24.7 Å². The number of benzene rings is 6. The SMILES string of the molecule is N#Cc1c(-c2ccc(Oc3ccccc3)cc2)cc(Oc2ccccc2)nc1Cl.Nc1[nH]nc2nc(Oc3ccccc3)cc(-c3ccc(Oc4ccccc4)cc3)c12. The number of hydrogen-bond donors (Lipinski definition) is 2. The zero-order valence-corrected chi connectivity index (χ0v) is 32.0. The van der Waals surface area contributed by atoms with E-state index in [1.807, 2.05) is 176 Å². The minimum absolute atomic E-state index is 0.0977. The molecule has 0 saturated carbocycles.